The Morgan fingerprint density at radius 2 is 2.05 bits per heavy atom. The van der Waals surface area contributed by atoms with E-state index in [1.807, 2.05) is 48.2 Å². The van der Waals surface area contributed by atoms with Crippen LogP contribution in [-0.4, -0.2) is 60.6 Å². The van der Waals surface area contributed by atoms with E-state index in [0.29, 0.717) is 42.8 Å². The molecule has 2 aromatic carbocycles. The Morgan fingerprint density at radius 3 is 2.86 bits per heavy atom. The first-order chi connectivity index (χ1) is 18.1. The molecule has 1 aliphatic heterocycles. The quantitative estimate of drug-likeness (QED) is 0.316. The number of hydrogen-bond donors (Lipinski definition) is 1. The monoisotopic (exact) mass is 544 g/mol. The topological polar surface area (TPSA) is 89.7 Å². The number of thioether (sulfide) groups is 1. The molecule has 4 rings (SSSR count). The first-order valence-electron chi connectivity index (χ1n) is 12.4. The van der Waals surface area contributed by atoms with Gasteiger partial charge in [0.15, 0.2) is 11.5 Å². The molecule has 198 valence electrons. The van der Waals surface area contributed by atoms with Crippen molar-refractivity contribution in [2.24, 2.45) is 5.92 Å². The van der Waals surface area contributed by atoms with Crippen molar-refractivity contribution in [1.29, 1.82) is 0 Å². The Kier molecular flexibility index (Phi) is 10.1. The number of piperidine rings is 1. The molecule has 0 radical (unpaired) electrons. The van der Waals surface area contributed by atoms with Crippen LogP contribution in [0.4, 0.5) is 0 Å². The number of hydrogen-bond acceptors (Lipinski definition) is 8. The smallest absolute Gasteiger partial charge is 0.241 e. The zero-order valence-electron chi connectivity index (χ0n) is 21.2. The standard InChI is InChI=1S/C27H33ClN4O4S/c1-34-23-11-10-19(15-24(23)35-2)26-30-25(36-31-26)17-32-13-5-8-20(16-32)27(33)29-12-6-14-37-18-21-7-3-4-9-22(21)28/h3-4,7,9-11,15,20H,5-6,8,12-14,16-18H2,1-2H3,(H,29,33). The van der Waals surface area contributed by atoms with Gasteiger partial charge in [-0.3, -0.25) is 9.69 Å². The van der Waals surface area contributed by atoms with E-state index in [2.05, 4.69) is 26.4 Å². The second-order valence-electron chi connectivity index (χ2n) is 8.94. The maximum atomic E-state index is 12.8. The summed E-state index contributed by atoms with van der Waals surface area (Å²) in [5.74, 6) is 4.22. The van der Waals surface area contributed by atoms with E-state index in [1.165, 1.54) is 0 Å². The minimum Gasteiger partial charge on any atom is -0.493 e. The van der Waals surface area contributed by atoms with Gasteiger partial charge in [-0.25, -0.2) is 0 Å². The molecular formula is C27H33ClN4O4S. The molecule has 1 unspecified atom stereocenters. The van der Waals surface area contributed by atoms with E-state index in [9.17, 15) is 4.79 Å². The third-order valence-corrected chi connectivity index (χ3v) is 7.79. The van der Waals surface area contributed by atoms with Gasteiger partial charge < -0.3 is 19.3 Å². The molecule has 1 atom stereocenters. The molecule has 0 aliphatic carbocycles. The summed E-state index contributed by atoms with van der Waals surface area (Å²) in [7, 11) is 3.19. The van der Waals surface area contributed by atoms with E-state index in [0.717, 1.165) is 53.5 Å². The van der Waals surface area contributed by atoms with Crippen LogP contribution in [0.25, 0.3) is 11.4 Å². The lowest BCUT2D eigenvalue weighted by atomic mass is 9.97. The number of aromatic nitrogens is 2. The molecule has 3 aromatic rings. The summed E-state index contributed by atoms with van der Waals surface area (Å²) in [6.45, 7) is 2.78. The minimum absolute atomic E-state index is 0.0298. The number of nitrogens with one attached hydrogen (secondary N) is 1. The number of carbonyl (C=O) groups excluding carboxylic acids is 1. The molecule has 1 fully saturated rings. The number of ether oxygens (including phenoxy) is 2. The zero-order chi connectivity index (χ0) is 26.0. The molecule has 1 amide bonds. The highest BCUT2D eigenvalue weighted by Gasteiger charge is 2.26. The predicted molar refractivity (Wildman–Crippen MR) is 146 cm³/mol. The van der Waals surface area contributed by atoms with Crippen molar-refractivity contribution in [1.82, 2.24) is 20.4 Å². The van der Waals surface area contributed by atoms with Crippen molar-refractivity contribution in [2.75, 3.05) is 39.6 Å². The van der Waals surface area contributed by atoms with Crippen molar-refractivity contribution >= 4 is 29.3 Å². The molecule has 1 aromatic heterocycles. The van der Waals surface area contributed by atoms with Gasteiger partial charge >= 0.3 is 0 Å². The molecule has 0 bridgehead atoms. The predicted octanol–water partition coefficient (Wildman–Crippen LogP) is 5.06. The van der Waals surface area contributed by atoms with Crippen molar-refractivity contribution in [3.05, 3.63) is 58.9 Å². The van der Waals surface area contributed by atoms with Gasteiger partial charge in [0.25, 0.3) is 0 Å². The molecule has 8 nitrogen and oxygen atoms in total. The van der Waals surface area contributed by atoms with Gasteiger partial charge in [-0.15, -0.1) is 0 Å². The van der Waals surface area contributed by atoms with E-state index in [4.69, 9.17) is 25.6 Å². The fourth-order valence-electron chi connectivity index (χ4n) is 4.34. The maximum Gasteiger partial charge on any atom is 0.241 e. The maximum absolute atomic E-state index is 12.8. The van der Waals surface area contributed by atoms with E-state index >= 15 is 0 Å². The van der Waals surface area contributed by atoms with Gasteiger partial charge in [0.05, 0.1) is 26.7 Å². The number of halogens is 1. The van der Waals surface area contributed by atoms with E-state index in [1.54, 1.807) is 14.2 Å². The Morgan fingerprint density at radius 1 is 1.22 bits per heavy atom. The van der Waals surface area contributed by atoms with Crippen LogP contribution in [0.5, 0.6) is 11.5 Å². The fourth-order valence-corrected chi connectivity index (χ4v) is 5.59. The molecule has 2 heterocycles. The second-order valence-corrected chi connectivity index (χ2v) is 10.5. The van der Waals surface area contributed by atoms with Crippen LogP contribution in [-0.2, 0) is 17.1 Å². The van der Waals surface area contributed by atoms with Crippen molar-refractivity contribution in [3.63, 3.8) is 0 Å². The number of amides is 1. The number of nitrogens with zero attached hydrogens (tertiary/aromatic N) is 3. The summed E-state index contributed by atoms with van der Waals surface area (Å²) in [4.78, 5) is 19.5. The molecular weight excluding hydrogens is 512 g/mol. The number of methoxy groups -OCH3 is 2. The van der Waals surface area contributed by atoms with Crippen molar-refractivity contribution in [2.45, 2.75) is 31.6 Å². The summed E-state index contributed by atoms with van der Waals surface area (Å²) < 4.78 is 16.2. The lowest BCUT2D eigenvalue weighted by molar-refractivity contribution is -0.126. The number of likely N-dealkylation sites (tertiary alicyclic amines) is 1. The van der Waals surface area contributed by atoms with Crippen molar-refractivity contribution < 1.29 is 18.8 Å². The molecule has 0 saturated carbocycles. The highest BCUT2D eigenvalue weighted by Crippen LogP contribution is 2.31. The van der Waals surface area contributed by atoms with Crippen LogP contribution in [0.15, 0.2) is 47.0 Å². The second kappa shape index (κ2) is 13.7. The van der Waals surface area contributed by atoms with Gasteiger partial charge in [0.1, 0.15) is 0 Å². The van der Waals surface area contributed by atoms with E-state index in [-0.39, 0.29) is 11.8 Å². The summed E-state index contributed by atoms with van der Waals surface area (Å²) in [5, 5.41) is 8.05. The average Bonchev–Trinajstić information content (AvgIpc) is 3.39. The van der Waals surface area contributed by atoms with Crippen LogP contribution in [0.1, 0.15) is 30.7 Å². The number of benzene rings is 2. The highest BCUT2D eigenvalue weighted by molar-refractivity contribution is 7.98. The molecule has 0 spiro atoms. The van der Waals surface area contributed by atoms with Crippen LogP contribution < -0.4 is 14.8 Å². The summed E-state index contributed by atoms with van der Waals surface area (Å²) in [6, 6.07) is 13.4. The summed E-state index contributed by atoms with van der Waals surface area (Å²) in [6.07, 6.45) is 2.78. The lowest BCUT2D eigenvalue weighted by Gasteiger charge is -2.30. The van der Waals surface area contributed by atoms with Gasteiger partial charge in [-0.1, -0.05) is 35.0 Å². The van der Waals surface area contributed by atoms with E-state index < -0.39 is 0 Å². The Balaban J connectivity index is 1.20. The van der Waals surface area contributed by atoms with Crippen LogP contribution in [0.3, 0.4) is 0 Å². The average molecular weight is 545 g/mol. The third-order valence-electron chi connectivity index (χ3n) is 6.33. The Bertz CT molecular complexity index is 1170. The summed E-state index contributed by atoms with van der Waals surface area (Å²) >= 11 is 8.04. The Labute approximate surface area is 227 Å². The molecule has 1 N–H and O–H groups in total. The zero-order valence-corrected chi connectivity index (χ0v) is 22.8. The highest BCUT2D eigenvalue weighted by atomic mass is 35.5. The normalized spacial score (nSPS) is 15.9. The van der Waals surface area contributed by atoms with Crippen LogP contribution in [0, 0.1) is 5.92 Å². The summed E-state index contributed by atoms with van der Waals surface area (Å²) in [5.41, 5.74) is 1.94. The largest absolute Gasteiger partial charge is 0.493 e. The van der Waals surface area contributed by atoms with Crippen LogP contribution >= 0.6 is 23.4 Å². The number of carbonyl (C=O) groups is 1. The molecule has 1 saturated heterocycles. The molecule has 10 heteroatoms. The fraction of sp³-hybridized carbons (Fsp3) is 0.444. The number of rotatable bonds is 12. The first kappa shape index (κ1) is 27.3. The van der Waals surface area contributed by atoms with Gasteiger partial charge in [-0.05, 0) is 61.4 Å². The third kappa shape index (κ3) is 7.63. The van der Waals surface area contributed by atoms with Crippen LogP contribution in [0.2, 0.25) is 5.02 Å². The van der Waals surface area contributed by atoms with Crippen molar-refractivity contribution in [3.8, 4) is 22.9 Å². The molecule has 37 heavy (non-hydrogen) atoms. The SMILES string of the molecule is COc1ccc(-c2noc(CN3CCCC(C(=O)NCCCSCc4ccccc4Cl)C3)n2)cc1OC. The van der Waals surface area contributed by atoms with Gasteiger partial charge in [0.2, 0.25) is 17.6 Å². The first-order valence-corrected chi connectivity index (χ1v) is 14.0. The lowest BCUT2D eigenvalue weighted by Crippen LogP contribution is -2.43. The minimum atomic E-state index is -0.0298. The van der Waals surface area contributed by atoms with Gasteiger partial charge in [-0.2, -0.15) is 16.7 Å². The van der Waals surface area contributed by atoms with Gasteiger partial charge in [0, 0.05) is 29.4 Å². The Hall–Kier alpha value is -2.75. The molecule has 1 aliphatic rings.